The monoisotopic (exact) mass is 674 g/mol. The molecule has 0 amide bonds. The molecule has 11 nitrogen and oxygen atoms in total. The standard InChI is InChI=1S/C38H42O11/c1-19(2)37-28-21(4)36(42)25-18-20(3)27(44-31(40)23-14-10-8-11-15-23)38(25)33(43-22(5)39)34(6,48-38)29(45-32(41)24-16-12-9-13-17-24)26(36)30(37)47-35(7,46-28)49-37/h8-17,20-21,25-30,33,42H,1,18H2,2-7H3/t20-,21+,25-,26-,27-,28-,29-,30+,33+,34-,35?,36-,37-,38+/m0/s1. The maximum atomic E-state index is 14.0. The fraction of sp³-hybridized carbons (Fsp3) is 0.553. The van der Waals surface area contributed by atoms with Crippen molar-refractivity contribution in [1.82, 2.24) is 0 Å². The first-order valence-corrected chi connectivity index (χ1v) is 17.0. The highest BCUT2D eigenvalue weighted by Gasteiger charge is 2.90. The molecule has 7 fully saturated rings. The van der Waals surface area contributed by atoms with Gasteiger partial charge in [-0.2, -0.15) is 0 Å². The van der Waals surface area contributed by atoms with Gasteiger partial charge in [-0.15, -0.1) is 0 Å². The van der Waals surface area contributed by atoms with Gasteiger partial charge in [-0.25, -0.2) is 9.59 Å². The topological polar surface area (TPSA) is 136 Å². The second-order valence-corrected chi connectivity index (χ2v) is 15.1. The molecule has 9 rings (SSSR count). The molecule has 0 aromatic heterocycles. The molecule has 4 bridgehead atoms. The summed E-state index contributed by atoms with van der Waals surface area (Å²) < 4.78 is 45.6. The zero-order valence-electron chi connectivity index (χ0n) is 28.4. The number of esters is 3. The van der Waals surface area contributed by atoms with Gasteiger partial charge in [-0.1, -0.05) is 56.8 Å². The van der Waals surface area contributed by atoms with Crippen LogP contribution in [0.4, 0.5) is 0 Å². The van der Waals surface area contributed by atoms with Crippen LogP contribution in [0.15, 0.2) is 72.8 Å². The third-order valence-corrected chi connectivity index (χ3v) is 12.3. The Morgan fingerprint density at radius 3 is 1.92 bits per heavy atom. The average Bonchev–Trinajstić information content (AvgIpc) is 3.65. The van der Waals surface area contributed by atoms with Gasteiger partial charge in [-0.05, 0) is 56.0 Å². The molecule has 11 heteroatoms. The second-order valence-electron chi connectivity index (χ2n) is 15.1. The molecular weight excluding hydrogens is 632 g/mol. The highest BCUT2D eigenvalue weighted by Crippen LogP contribution is 2.73. The molecule has 1 unspecified atom stereocenters. The quantitative estimate of drug-likeness (QED) is 0.266. The van der Waals surface area contributed by atoms with Gasteiger partial charge in [0.2, 0.25) is 0 Å². The van der Waals surface area contributed by atoms with Crippen molar-refractivity contribution >= 4 is 17.9 Å². The Labute approximate surface area is 284 Å². The lowest BCUT2D eigenvalue weighted by molar-refractivity contribution is -0.389. The van der Waals surface area contributed by atoms with Gasteiger partial charge in [-0.3, -0.25) is 4.79 Å². The largest absolute Gasteiger partial charge is 0.456 e. The molecule has 0 radical (unpaired) electrons. The van der Waals surface area contributed by atoms with Crippen LogP contribution in [0.25, 0.3) is 0 Å². The van der Waals surface area contributed by atoms with Crippen molar-refractivity contribution in [2.75, 3.05) is 0 Å². The van der Waals surface area contributed by atoms with E-state index in [2.05, 4.69) is 6.58 Å². The summed E-state index contributed by atoms with van der Waals surface area (Å²) in [5, 5.41) is 13.6. The van der Waals surface area contributed by atoms with Gasteiger partial charge < -0.3 is 38.3 Å². The Hall–Kier alpha value is -3.61. The number of carbonyl (C=O) groups excluding carboxylic acids is 3. The Kier molecular flexibility index (Phi) is 6.96. The predicted molar refractivity (Wildman–Crippen MR) is 171 cm³/mol. The van der Waals surface area contributed by atoms with Crippen LogP contribution < -0.4 is 0 Å². The van der Waals surface area contributed by atoms with Crippen molar-refractivity contribution < 1.29 is 52.6 Å². The van der Waals surface area contributed by atoms with Crippen molar-refractivity contribution in [3.63, 3.8) is 0 Å². The summed E-state index contributed by atoms with van der Waals surface area (Å²) in [6, 6.07) is 17.1. The number of fused-ring (bicyclic) bond motifs is 1. The summed E-state index contributed by atoms with van der Waals surface area (Å²) in [5.41, 5.74) is -4.68. The molecule has 4 aliphatic heterocycles. The lowest BCUT2D eigenvalue weighted by Gasteiger charge is -2.62. The van der Waals surface area contributed by atoms with E-state index in [0.29, 0.717) is 17.6 Å². The van der Waals surface area contributed by atoms with Crippen LogP contribution in [0.2, 0.25) is 0 Å². The molecule has 4 saturated heterocycles. The summed E-state index contributed by atoms with van der Waals surface area (Å²) in [7, 11) is 0. The first-order valence-electron chi connectivity index (χ1n) is 17.0. The Balaban J connectivity index is 1.33. The average molecular weight is 675 g/mol. The van der Waals surface area contributed by atoms with E-state index in [4.69, 9.17) is 33.2 Å². The molecule has 4 heterocycles. The minimum Gasteiger partial charge on any atom is -0.456 e. The molecule has 1 spiro atoms. The summed E-state index contributed by atoms with van der Waals surface area (Å²) in [5.74, 6) is -6.05. The van der Waals surface area contributed by atoms with E-state index < -0.39 is 94.6 Å². The predicted octanol–water partition coefficient (Wildman–Crippen LogP) is 4.37. The Morgan fingerprint density at radius 1 is 0.816 bits per heavy atom. The molecule has 2 aromatic rings. The van der Waals surface area contributed by atoms with E-state index in [-0.39, 0.29) is 11.5 Å². The van der Waals surface area contributed by atoms with E-state index in [1.165, 1.54) is 6.92 Å². The van der Waals surface area contributed by atoms with Crippen LogP contribution in [-0.4, -0.2) is 81.9 Å². The summed E-state index contributed by atoms with van der Waals surface area (Å²) >= 11 is 0. The fourth-order valence-corrected chi connectivity index (χ4v) is 10.5. The third kappa shape index (κ3) is 4.05. The smallest absolute Gasteiger partial charge is 0.338 e. The molecule has 1 N–H and O–H groups in total. The van der Waals surface area contributed by atoms with E-state index in [1.54, 1.807) is 74.5 Å². The van der Waals surface area contributed by atoms with Gasteiger partial charge in [0.25, 0.3) is 5.97 Å². The van der Waals surface area contributed by atoms with E-state index >= 15 is 0 Å². The first kappa shape index (κ1) is 32.6. The van der Waals surface area contributed by atoms with Crippen LogP contribution in [0.3, 0.4) is 0 Å². The van der Waals surface area contributed by atoms with Crippen molar-refractivity contribution in [2.24, 2.45) is 23.7 Å². The molecule has 14 atom stereocenters. The van der Waals surface area contributed by atoms with Crippen LogP contribution in [0, 0.1) is 23.7 Å². The number of hydrogen-bond acceptors (Lipinski definition) is 11. The van der Waals surface area contributed by atoms with Crippen LogP contribution in [0.5, 0.6) is 0 Å². The zero-order valence-corrected chi connectivity index (χ0v) is 28.4. The normalized spacial score (nSPS) is 46.8. The van der Waals surface area contributed by atoms with Crippen molar-refractivity contribution in [2.45, 2.75) is 107 Å². The number of rotatable bonds is 6. The molecule has 2 aromatic carbocycles. The van der Waals surface area contributed by atoms with Crippen LogP contribution in [0.1, 0.15) is 68.7 Å². The highest BCUT2D eigenvalue weighted by atomic mass is 16.9. The third-order valence-electron chi connectivity index (χ3n) is 12.3. The highest BCUT2D eigenvalue weighted by molar-refractivity contribution is 5.90. The van der Waals surface area contributed by atoms with Crippen LogP contribution in [-0.2, 0) is 38.0 Å². The van der Waals surface area contributed by atoms with Gasteiger partial charge in [0.15, 0.2) is 11.7 Å². The summed E-state index contributed by atoms with van der Waals surface area (Å²) in [6.45, 7) is 14.6. The fourth-order valence-electron chi connectivity index (χ4n) is 10.5. The minimum absolute atomic E-state index is 0.289. The van der Waals surface area contributed by atoms with Crippen LogP contribution >= 0.6 is 0 Å². The molecule has 49 heavy (non-hydrogen) atoms. The Bertz CT molecular complexity index is 1730. The van der Waals surface area contributed by atoms with Crippen molar-refractivity contribution in [3.8, 4) is 0 Å². The molecule has 3 aliphatic carbocycles. The van der Waals surface area contributed by atoms with Gasteiger partial charge in [0.1, 0.15) is 35.6 Å². The number of aliphatic hydroxyl groups is 1. The number of benzene rings is 2. The molecular formula is C38H42O11. The van der Waals surface area contributed by atoms with Gasteiger partial charge in [0.05, 0.1) is 22.6 Å². The van der Waals surface area contributed by atoms with E-state index in [0.717, 1.165) is 0 Å². The second kappa shape index (κ2) is 10.5. The molecule has 3 saturated carbocycles. The number of carbonyl (C=O) groups is 3. The Morgan fingerprint density at radius 2 is 1.37 bits per heavy atom. The first-order chi connectivity index (χ1) is 23.1. The number of ether oxygens (including phenoxy) is 7. The summed E-state index contributed by atoms with van der Waals surface area (Å²) in [6.07, 6.45) is -4.54. The zero-order chi connectivity index (χ0) is 34.9. The molecule has 7 aliphatic rings. The van der Waals surface area contributed by atoms with E-state index in [1.807, 2.05) is 20.8 Å². The van der Waals surface area contributed by atoms with Gasteiger partial charge >= 0.3 is 17.9 Å². The van der Waals surface area contributed by atoms with Gasteiger partial charge in [0, 0.05) is 25.7 Å². The maximum Gasteiger partial charge on any atom is 0.338 e. The number of hydrogen-bond donors (Lipinski definition) is 1. The minimum atomic E-state index is -1.74. The van der Waals surface area contributed by atoms with E-state index in [9.17, 15) is 19.5 Å². The lowest BCUT2D eigenvalue weighted by atomic mass is 9.53. The lowest BCUT2D eigenvalue weighted by Crippen LogP contribution is -2.80. The SMILES string of the molecule is C=C(C)[C@@]12OC3(C)O[C@@H]1[C@@H]1[C@H](OC(=O)c4ccccc4)[C@]4(C)O[C@@]5([C@@H]4OC(C)=O)[C@@H](OC(=O)c4ccccc4)[C@@H](C)C[C@H]5[C@@]1(O)[C@H](C)[C@@H]2O3. The summed E-state index contributed by atoms with van der Waals surface area (Å²) in [4.78, 5) is 40.6. The maximum absolute atomic E-state index is 14.0. The van der Waals surface area contributed by atoms with Crippen molar-refractivity contribution in [1.29, 1.82) is 0 Å². The molecule has 260 valence electrons. The van der Waals surface area contributed by atoms with Crippen molar-refractivity contribution in [3.05, 3.63) is 83.9 Å².